The third-order valence-electron chi connectivity index (χ3n) is 2.85. The second kappa shape index (κ2) is 7.36. The van der Waals surface area contributed by atoms with E-state index in [1.807, 2.05) is 6.92 Å². The minimum absolute atomic E-state index is 0.0682. The minimum Gasteiger partial charge on any atom is -0.370 e. The Morgan fingerprint density at radius 1 is 1.25 bits per heavy atom. The lowest BCUT2D eigenvalue weighted by atomic mass is 9.88. The maximum Gasteiger partial charge on any atom is 0.159 e. The van der Waals surface area contributed by atoms with Gasteiger partial charge in [-0.25, -0.2) is 9.97 Å². The smallest absolute Gasteiger partial charge is 0.159 e. The molecular formula is C15H24ClIN2O. The molecule has 1 atom stereocenters. The van der Waals surface area contributed by atoms with Crippen molar-refractivity contribution >= 4 is 34.2 Å². The third-order valence-corrected chi connectivity index (χ3v) is 4.58. The summed E-state index contributed by atoms with van der Waals surface area (Å²) in [5.41, 5.74) is 0.950. The molecule has 0 aromatic carbocycles. The number of halogens is 2. The van der Waals surface area contributed by atoms with Gasteiger partial charge in [0.2, 0.25) is 0 Å². The van der Waals surface area contributed by atoms with E-state index in [-0.39, 0.29) is 11.5 Å². The van der Waals surface area contributed by atoms with E-state index < -0.39 is 0 Å². The summed E-state index contributed by atoms with van der Waals surface area (Å²) >= 11 is 8.51. The maximum absolute atomic E-state index is 6.28. The lowest BCUT2D eigenvalue weighted by Gasteiger charge is -2.29. The van der Waals surface area contributed by atoms with E-state index in [1.54, 1.807) is 0 Å². The first-order chi connectivity index (χ1) is 9.16. The van der Waals surface area contributed by atoms with Crippen LogP contribution >= 0.6 is 34.2 Å². The molecule has 0 saturated heterocycles. The average molecular weight is 411 g/mol. The molecule has 20 heavy (non-hydrogen) atoms. The topological polar surface area (TPSA) is 35.0 Å². The Labute approximate surface area is 141 Å². The Bertz CT molecular complexity index is 458. The van der Waals surface area contributed by atoms with Crippen LogP contribution in [-0.4, -0.2) is 16.6 Å². The largest absolute Gasteiger partial charge is 0.370 e. The lowest BCUT2D eigenvalue weighted by molar-refractivity contribution is -0.0192. The van der Waals surface area contributed by atoms with Crippen molar-refractivity contribution in [3.8, 4) is 0 Å². The van der Waals surface area contributed by atoms with Gasteiger partial charge >= 0.3 is 0 Å². The van der Waals surface area contributed by atoms with Crippen LogP contribution in [0.25, 0.3) is 0 Å². The summed E-state index contributed by atoms with van der Waals surface area (Å²) < 4.78 is 6.81. The Morgan fingerprint density at radius 2 is 1.85 bits per heavy atom. The van der Waals surface area contributed by atoms with Gasteiger partial charge in [0.25, 0.3) is 0 Å². The highest BCUT2D eigenvalue weighted by Crippen LogP contribution is 2.35. The molecule has 1 heterocycles. The standard InChI is InChI=1S/C15H24ClIN2O/c1-7-20-12(15(4,5)6)14-18-10(8-9(2)3)11(17)13(16)19-14/h9,12H,7-8H2,1-6H3. The van der Waals surface area contributed by atoms with E-state index in [0.717, 1.165) is 15.7 Å². The van der Waals surface area contributed by atoms with Gasteiger partial charge in [-0.05, 0) is 47.3 Å². The van der Waals surface area contributed by atoms with E-state index in [2.05, 4.69) is 62.2 Å². The van der Waals surface area contributed by atoms with Crippen LogP contribution in [-0.2, 0) is 11.2 Å². The molecule has 0 aliphatic heterocycles. The fourth-order valence-corrected chi connectivity index (χ4v) is 2.66. The lowest BCUT2D eigenvalue weighted by Crippen LogP contribution is -2.24. The second-order valence-electron chi connectivity index (χ2n) is 6.43. The first-order valence-electron chi connectivity index (χ1n) is 7.00. The van der Waals surface area contributed by atoms with Crippen LogP contribution in [0.15, 0.2) is 0 Å². The summed E-state index contributed by atoms with van der Waals surface area (Å²) in [4.78, 5) is 9.18. The molecule has 0 amide bonds. The predicted molar refractivity (Wildman–Crippen MR) is 92.1 cm³/mol. The van der Waals surface area contributed by atoms with Crippen LogP contribution in [0.2, 0.25) is 5.15 Å². The highest BCUT2D eigenvalue weighted by Gasteiger charge is 2.30. The molecule has 5 heteroatoms. The number of hydrogen-bond donors (Lipinski definition) is 0. The van der Waals surface area contributed by atoms with E-state index in [4.69, 9.17) is 21.3 Å². The van der Waals surface area contributed by atoms with Crippen LogP contribution in [0, 0.1) is 14.9 Å². The molecule has 0 saturated carbocycles. The minimum atomic E-state index is -0.145. The molecule has 1 aromatic rings. The fourth-order valence-electron chi connectivity index (χ4n) is 2.00. The molecular weight excluding hydrogens is 387 g/mol. The number of rotatable bonds is 5. The van der Waals surface area contributed by atoms with Gasteiger partial charge in [0.05, 0.1) is 9.26 Å². The molecule has 0 spiro atoms. The van der Waals surface area contributed by atoms with Crippen LogP contribution in [0.3, 0.4) is 0 Å². The molecule has 3 nitrogen and oxygen atoms in total. The average Bonchev–Trinajstić information content (AvgIpc) is 2.29. The summed E-state index contributed by atoms with van der Waals surface area (Å²) in [5, 5.41) is 0.528. The van der Waals surface area contributed by atoms with Gasteiger partial charge in [0.15, 0.2) is 5.82 Å². The van der Waals surface area contributed by atoms with Crippen molar-refractivity contribution in [2.75, 3.05) is 6.61 Å². The highest BCUT2D eigenvalue weighted by molar-refractivity contribution is 14.1. The SMILES string of the molecule is CCOC(c1nc(Cl)c(I)c(CC(C)C)n1)C(C)(C)C. The Hall–Kier alpha value is 0.0600. The number of nitrogens with zero attached hydrogens (tertiary/aromatic N) is 2. The molecule has 1 rings (SSSR count). The van der Waals surface area contributed by atoms with Crippen LogP contribution in [0.1, 0.15) is 59.2 Å². The van der Waals surface area contributed by atoms with E-state index in [9.17, 15) is 0 Å². The zero-order valence-electron chi connectivity index (χ0n) is 13.1. The molecule has 0 aliphatic rings. The van der Waals surface area contributed by atoms with Crippen molar-refractivity contribution in [2.24, 2.45) is 11.3 Å². The molecule has 0 N–H and O–H groups in total. The summed E-state index contributed by atoms with van der Waals surface area (Å²) in [6.45, 7) is 13.4. The van der Waals surface area contributed by atoms with Crippen molar-refractivity contribution in [1.29, 1.82) is 0 Å². The van der Waals surface area contributed by atoms with Crippen LogP contribution < -0.4 is 0 Å². The Kier molecular flexibility index (Phi) is 6.67. The van der Waals surface area contributed by atoms with E-state index >= 15 is 0 Å². The molecule has 1 unspecified atom stereocenters. The van der Waals surface area contributed by atoms with E-state index in [0.29, 0.717) is 23.5 Å². The Morgan fingerprint density at radius 3 is 2.30 bits per heavy atom. The zero-order valence-corrected chi connectivity index (χ0v) is 16.0. The van der Waals surface area contributed by atoms with Gasteiger partial charge in [-0.3, -0.25) is 0 Å². The van der Waals surface area contributed by atoms with Crippen LogP contribution in [0.4, 0.5) is 0 Å². The third kappa shape index (κ3) is 4.81. The summed E-state index contributed by atoms with van der Waals surface area (Å²) in [6.07, 6.45) is 0.754. The molecule has 0 radical (unpaired) electrons. The predicted octanol–water partition coefficient (Wildman–Crippen LogP) is 5.06. The quantitative estimate of drug-likeness (QED) is 0.503. The maximum atomic E-state index is 6.28. The summed E-state index contributed by atoms with van der Waals surface area (Å²) in [6, 6.07) is 0. The van der Waals surface area contributed by atoms with Gasteiger partial charge in [0, 0.05) is 6.61 Å². The fraction of sp³-hybridized carbons (Fsp3) is 0.733. The number of ether oxygens (including phenoxy) is 1. The Balaban J connectivity index is 3.26. The molecule has 0 fully saturated rings. The number of aromatic nitrogens is 2. The van der Waals surface area contributed by atoms with Gasteiger partial charge in [-0.2, -0.15) is 0 Å². The summed E-state index contributed by atoms with van der Waals surface area (Å²) in [7, 11) is 0. The van der Waals surface area contributed by atoms with Gasteiger partial charge in [-0.1, -0.05) is 46.2 Å². The second-order valence-corrected chi connectivity index (χ2v) is 7.87. The van der Waals surface area contributed by atoms with Crippen molar-refractivity contribution < 1.29 is 4.74 Å². The molecule has 114 valence electrons. The van der Waals surface area contributed by atoms with Gasteiger partial charge < -0.3 is 4.74 Å². The van der Waals surface area contributed by atoms with Crippen LogP contribution in [0.5, 0.6) is 0 Å². The van der Waals surface area contributed by atoms with E-state index in [1.165, 1.54) is 0 Å². The van der Waals surface area contributed by atoms with Crippen molar-refractivity contribution in [2.45, 2.75) is 54.1 Å². The number of hydrogen-bond acceptors (Lipinski definition) is 3. The zero-order chi connectivity index (χ0) is 15.5. The van der Waals surface area contributed by atoms with Crippen molar-refractivity contribution in [3.05, 3.63) is 20.2 Å². The highest BCUT2D eigenvalue weighted by atomic mass is 127. The van der Waals surface area contributed by atoms with Gasteiger partial charge in [-0.15, -0.1) is 0 Å². The monoisotopic (exact) mass is 410 g/mol. The van der Waals surface area contributed by atoms with Gasteiger partial charge in [0.1, 0.15) is 11.3 Å². The molecule has 1 aromatic heterocycles. The van der Waals surface area contributed by atoms with Crippen molar-refractivity contribution in [1.82, 2.24) is 9.97 Å². The first-order valence-corrected chi connectivity index (χ1v) is 8.45. The molecule has 0 aliphatic carbocycles. The summed E-state index contributed by atoms with van der Waals surface area (Å²) in [5.74, 6) is 1.22. The van der Waals surface area contributed by atoms with Crippen molar-refractivity contribution in [3.63, 3.8) is 0 Å². The first kappa shape index (κ1) is 18.1. The normalized spacial score (nSPS) is 13.8. The molecule has 0 bridgehead atoms.